The first-order valence-electron chi connectivity index (χ1n) is 10.5. The summed E-state index contributed by atoms with van der Waals surface area (Å²) >= 11 is 22.0. The number of rotatable bonds is 0. The molecule has 0 heterocycles. The Morgan fingerprint density at radius 1 is 0.571 bits per heavy atom. The summed E-state index contributed by atoms with van der Waals surface area (Å²) in [5.74, 6) is 0.113. The van der Waals surface area contributed by atoms with Crippen molar-refractivity contribution in [3.63, 3.8) is 0 Å². The van der Waals surface area contributed by atoms with Crippen LogP contribution in [0.25, 0.3) is 0 Å². The third kappa shape index (κ3) is 13.1. The van der Waals surface area contributed by atoms with Gasteiger partial charge < -0.3 is 10.2 Å². The third-order valence-corrected chi connectivity index (χ3v) is 5.92. The minimum absolute atomic E-state index is 0. The topological polar surface area (TPSA) is 40.5 Å². The summed E-state index contributed by atoms with van der Waals surface area (Å²) in [6, 6.07) is 17.8. The van der Waals surface area contributed by atoms with Crippen LogP contribution in [0.4, 0.5) is 0 Å². The van der Waals surface area contributed by atoms with Gasteiger partial charge in [0.1, 0.15) is 11.5 Å². The number of hydrogen-bond donors (Lipinski definition) is 2. The Morgan fingerprint density at radius 3 is 1.03 bits per heavy atom. The van der Waals surface area contributed by atoms with Gasteiger partial charge in [-0.25, -0.2) is 23.3 Å². The van der Waals surface area contributed by atoms with Crippen LogP contribution in [0.1, 0.15) is 33.4 Å². The fourth-order valence-corrected chi connectivity index (χ4v) is 3.68. The summed E-state index contributed by atoms with van der Waals surface area (Å²) in [5.41, 5.74) is 8.37. The van der Waals surface area contributed by atoms with Gasteiger partial charge in [-0.2, -0.15) is 34.4 Å². The minimum Gasteiger partial charge on any atom is -0.506 e. The van der Waals surface area contributed by atoms with Gasteiger partial charge in [-0.3, -0.25) is 0 Å². The molecule has 0 fully saturated rings. The normalized spacial score (nSPS) is 9.43. The molecular weight excluding hydrogens is 601 g/mol. The van der Waals surface area contributed by atoms with E-state index in [1.807, 2.05) is 0 Å². The summed E-state index contributed by atoms with van der Waals surface area (Å²) in [6.45, 7) is 12.8. The van der Waals surface area contributed by atoms with Crippen LogP contribution in [0.5, 0.6) is 11.5 Å². The zero-order valence-electron chi connectivity index (χ0n) is 20.7. The summed E-state index contributed by atoms with van der Waals surface area (Å²) in [5, 5.41) is 19.3. The predicted octanol–water partition coefficient (Wildman–Crippen LogP) is 10.1. The molecule has 0 aromatic heterocycles. The van der Waals surface area contributed by atoms with Gasteiger partial charge in [-0.15, -0.1) is 0 Å². The standard InChI is InChI=1S/2C8H11.2C6H4Cl2O.Zr/c2*1-6-4-7(2)8(3)5-6;2*7-4-1-2-6(9)5(8)3-4;/h2*4-5H,1-3H3;2*1-3,9H;/q2*-1;;;+2. The van der Waals surface area contributed by atoms with E-state index in [9.17, 15) is 0 Å². The number of phenolic OH excluding ortho intramolecular Hbond substituents is 2. The van der Waals surface area contributed by atoms with Crippen molar-refractivity contribution in [1.29, 1.82) is 0 Å². The van der Waals surface area contributed by atoms with E-state index in [0.29, 0.717) is 10.0 Å². The van der Waals surface area contributed by atoms with Crippen molar-refractivity contribution in [2.24, 2.45) is 0 Å². The molecule has 0 saturated carbocycles. The molecule has 2 N–H and O–H groups in total. The molecule has 0 aliphatic rings. The average molecular weight is 632 g/mol. The van der Waals surface area contributed by atoms with Crippen LogP contribution in [0.3, 0.4) is 0 Å². The molecule has 4 aromatic rings. The van der Waals surface area contributed by atoms with E-state index in [1.165, 1.54) is 57.6 Å². The van der Waals surface area contributed by atoms with Crippen molar-refractivity contribution in [2.45, 2.75) is 41.5 Å². The van der Waals surface area contributed by atoms with Crippen molar-refractivity contribution in [1.82, 2.24) is 0 Å². The minimum atomic E-state index is 0. The molecule has 0 aliphatic carbocycles. The van der Waals surface area contributed by atoms with Crippen molar-refractivity contribution in [2.75, 3.05) is 0 Å². The third-order valence-electron chi connectivity index (χ3n) is 4.84. The van der Waals surface area contributed by atoms with Gasteiger partial charge in [0.2, 0.25) is 0 Å². The number of phenols is 2. The van der Waals surface area contributed by atoms with E-state index in [4.69, 9.17) is 56.6 Å². The average Bonchev–Trinajstić information content (AvgIpc) is 3.20. The first-order chi connectivity index (χ1) is 15.8. The molecule has 2 nitrogen and oxygen atoms in total. The summed E-state index contributed by atoms with van der Waals surface area (Å²) < 4.78 is 0. The first kappa shape index (κ1) is 33.8. The SMILES string of the molecule is Cc1cc(C)[c-](C)c1.Cc1cc(C)[c-](C)c1.Oc1ccc(Cl)cc1Cl.Oc1ccc(Cl)cc1Cl.[Zr+2]. The molecule has 4 rings (SSSR count). The van der Waals surface area contributed by atoms with Gasteiger partial charge in [0.15, 0.2) is 0 Å². The van der Waals surface area contributed by atoms with E-state index < -0.39 is 0 Å². The molecule has 35 heavy (non-hydrogen) atoms. The van der Waals surface area contributed by atoms with Gasteiger partial charge in [0, 0.05) is 10.0 Å². The van der Waals surface area contributed by atoms with Crippen LogP contribution >= 0.6 is 46.4 Å². The number of hydrogen-bond acceptors (Lipinski definition) is 2. The second kappa shape index (κ2) is 16.5. The van der Waals surface area contributed by atoms with Gasteiger partial charge in [-0.1, -0.05) is 87.9 Å². The Bertz CT molecular complexity index is 1060. The van der Waals surface area contributed by atoms with Gasteiger partial charge in [-0.05, 0) is 36.4 Å². The van der Waals surface area contributed by atoms with E-state index in [1.54, 1.807) is 12.1 Å². The van der Waals surface area contributed by atoms with Crippen LogP contribution in [-0.2, 0) is 26.2 Å². The maximum atomic E-state index is 8.85. The van der Waals surface area contributed by atoms with Crippen molar-refractivity contribution in [3.05, 3.63) is 114 Å². The van der Waals surface area contributed by atoms with Crippen LogP contribution in [0, 0.1) is 41.5 Å². The predicted molar refractivity (Wildman–Crippen MR) is 149 cm³/mol. The zero-order chi connectivity index (χ0) is 26.0. The summed E-state index contributed by atoms with van der Waals surface area (Å²) in [4.78, 5) is 0. The quantitative estimate of drug-likeness (QED) is 0.190. The molecule has 0 radical (unpaired) electrons. The molecule has 7 heteroatoms. The Labute approximate surface area is 248 Å². The van der Waals surface area contributed by atoms with Crippen LogP contribution < -0.4 is 0 Å². The molecule has 0 unspecified atom stereocenters. The Morgan fingerprint density at radius 2 is 0.886 bits per heavy atom. The van der Waals surface area contributed by atoms with Crippen molar-refractivity contribution < 1.29 is 36.4 Å². The fourth-order valence-electron chi connectivity index (χ4n) is 2.87. The number of aryl methyl sites for hydroxylation is 6. The number of benzene rings is 2. The van der Waals surface area contributed by atoms with Crippen LogP contribution in [-0.4, -0.2) is 10.2 Å². The van der Waals surface area contributed by atoms with E-state index in [2.05, 4.69) is 65.8 Å². The van der Waals surface area contributed by atoms with Crippen LogP contribution in [0.15, 0.2) is 60.7 Å². The van der Waals surface area contributed by atoms with Gasteiger partial charge in [0.25, 0.3) is 0 Å². The van der Waals surface area contributed by atoms with Crippen molar-refractivity contribution in [3.8, 4) is 11.5 Å². The summed E-state index contributed by atoms with van der Waals surface area (Å²) in [7, 11) is 0. The Balaban J connectivity index is 0.000000437. The molecule has 186 valence electrons. The second-order valence-electron chi connectivity index (χ2n) is 7.99. The van der Waals surface area contributed by atoms with Crippen LogP contribution in [0.2, 0.25) is 20.1 Å². The number of aromatic hydroxyl groups is 2. The molecule has 0 bridgehead atoms. The molecule has 0 amide bonds. The fraction of sp³-hybridized carbons (Fsp3) is 0.214. The molecule has 0 spiro atoms. The van der Waals surface area contributed by atoms with E-state index in [-0.39, 0.29) is 47.7 Å². The molecule has 4 aromatic carbocycles. The van der Waals surface area contributed by atoms with E-state index in [0.717, 1.165) is 0 Å². The molecule has 0 aliphatic heterocycles. The van der Waals surface area contributed by atoms with Crippen molar-refractivity contribution >= 4 is 46.4 Å². The van der Waals surface area contributed by atoms with Gasteiger partial charge in [0.05, 0.1) is 10.0 Å². The molecule has 0 saturated heterocycles. The van der Waals surface area contributed by atoms with E-state index >= 15 is 0 Å². The first-order valence-corrected chi connectivity index (χ1v) is 12.0. The maximum Gasteiger partial charge on any atom is 2.00 e. The zero-order valence-corrected chi connectivity index (χ0v) is 26.2. The monoisotopic (exact) mass is 628 g/mol. The second-order valence-corrected chi connectivity index (χ2v) is 9.68. The summed E-state index contributed by atoms with van der Waals surface area (Å²) in [6.07, 6.45) is 0. The largest absolute Gasteiger partial charge is 2.00 e. The maximum absolute atomic E-state index is 8.85. The van der Waals surface area contributed by atoms with Gasteiger partial charge >= 0.3 is 26.2 Å². The molecule has 0 atom stereocenters. The Kier molecular flexibility index (Phi) is 15.9. The smallest absolute Gasteiger partial charge is 0.506 e. The Hall–Kier alpha value is -1.22. The number of halogens is 4. The molecular formula is C28H30Cl4O2Zr.